The van der Waals surface area contributed by atoms with E-state index in [9.17, 15) is 9.90 Å². The van der Waals surface area contributed by atoms with E-state index in [2.05, 4.69) is 33.8 Å². The lowest BCUT2D eigenvalue weighted by atomic mass is 10.1. The number of hydrogen-bond donors (Lipinski definition) is 2. The van der Waals surface area contributed by atoms with E-state index in [-0.39, 0.29) is 23.7 Å². The zero-order valence-electron chi connectivity index (χ0n) is 18.8. The Labute approximate surface area is 179 Å². The van der Waals surface area contributed by atoms with Crippen molar-refractivity contribution in [3.63, 3.8) is 0 Å². The Balaban J connectivity index is 2.27. The van der Waals surface area contributed by atoms with E-state index in [0.29, 0.717) is 23.1 Å². The number of nitrogens with zero attached hydrogens (tertiary/aromatic N) is 1. The van der Waals surface area contributed by atoms with Crippen LogP contribution in [-0.2, 0) is 6.54 Å². The Morgan fingerprint density at radius 3 is 2.63 bits per heavy atom. The number of allylic oxidation sites excluding steroid dienone is 3. The average Bonchev–Trinajstić information content (AvgIpc) is 2.69. The van der Waals surface area contributed by atoms with Crippen LogP contribution in [0.25, 0.3) is 10.9 Å². The number of aryl methyl sites for hydroxylation is 1. The molecule has 0 fully saturated rings. The fraction of sp³-hybridized carbons (Fsp3) is 0.480. The third-order valence-electron chi connectivity index (χ3n) is 5.21. The van der Waals surface area contributed by atoms with Crippen molar-refractivity contribution in [2.24, 2.45) is 0 Å². The van der Waals surface area contributed by atoms with Crippen molar-refractivity contribution in [3.8, 4) is 11.5 Å². The number of pyridine rings is 1. The van der Waals surface area contributed by atoms with Gasteiger partial charge in [-0.3, -0.25) is 4.79 Å². The van der Waals surface area contributed by atoms with Gasteiger partial charge in [0.1, 0.15) is 6.61 Å². The number of nitrogen functional groups attached to an aromatic ring is 1. The largest absolute Gasteiger partial charge is 0.504 e. The zero-order valence-corrected chi connectivity index (χ0v) is 18.8. The highest BCUT2D eigenvalue weighted by molar-refractivity contribution is 5.89. The molecule has 0 spiro atoms. The molecule has 1 heterocycles. The van der Waals surface area contributed by atoms with E-state index in [4.69, 9.17) is 10.5 Å². The molecule has 0 radical (unpaired) electrons. The van der Waals surface area contributed by atoms with Gasteiger partial charge in [0, 0.05) is 17.6 Å². The van der Waals surface area contributed by atoms with Gasteiger partial charge in [0.05, 0.1) is 5.52 Å². The Morgan fingerprint density at radius 1 is 1.17 bits per heavy atom. The smallest absolute Gasteiger partial charge is 0.297 e. The summed E-state index contributed by atoms with van der Waals surface area (Å²) in [5, 5.41) is 11.3. The van der Waals surface area contributed by atoms with E-state index in [1.165, 1.54) is 11.1 Å². The van der Waals surface area contributed by atoms with Crippen molar-refractivity contribution in [2.45, 2.75) is 72.8 Å². The molecule has 164 valence electrons. The predicted molar refractivity (Wildman–Crippen MR) is 126 cm³/mol. The molecule has 5 nitrogen and oxygen atoms in total. The summed E-state index contributed by atoms with van der Waals surface area (Å²) in [7, 11) is 0. The van der Waals surface area contributed by atoms with Crippen LogP contribution >= 0.6 is 0 Å². The summed E-state index contributed by atoms with van der Waals surface area (Å²) in [6.07, 6.45) is 10.3. The van der Waals surface area contributed by atoms with Crippen LogP contribution in [0.5, 0.6) is 11.5 Å². The zero-order chi connectivity index (χ0) is 22.1. The van der Waals surface area contributed by atoms with Gasteiger partial charge >= 0.3 is 0 Å². The minimum atomic E-state index is -0.308. The van der Waals surface area contributed by atoms with Crippen molar-refractivity contribution >= 4 is 16.6 Å². The van der Waals surface area contributed by atoms with Crippen LogP contribution < -0.4 is 16.0 Å². The van der Waals surface area contributed by atoms with Gasteiger partial charge in [0.2, 0.25) is 5.75 Å². The first kappa shape index (κ1) is 23.6. The van der Waals surface area contributed by atoms with Crippen molar-refractivity contribution in [1.82, 2.24) is 4.57 Å². The molecule has 1 aromatic carbocycles. The van der Waals surface area contributed by atoms with Gasteiger partial charge in [-0.1, -0.05) is 43.4 Å². The molecule has 2 aromatic rings. The second-order valence-corrected chi connectivity index (χ2v) is 8.15. The molecule has 0 atom stereocenters. The Kier molecular flexibility index (Phi) is 9.03. The second kappa shape index (κ2) is 11.5. The molecule has 0 aliphatic heterocycles. The molecule has 0 aliphatic carbocycles. The summed E-state index contributed by atoms with van der Waals surface area (Å²) in [5.74, 6) is -0.105. The molecule has 5 heteroatoms. The number of aromatic nitrogens is 1. The molecule has 0 unspecified atom stereocenters. The first-order valence-corrected chi connectivity index (χ1v) is 10.9. The summed E-state index contributed by atoms with van der Waals surface area (Å²) in [4.78, 5) is 13.1. The van der Waals surface area contributed by atoms with Crippen LogP contribution in [0.1, 0.15) is 66.2 Å². The number of nitrogens with two attached hydrogens (primary N) is 1. The molecule has 0 saturated carbocycles. The molecule has 0 aliphatic rings. The standard InChI is InChI=1S/C25H36N2O3/c1-5-6-7-8-15-27-22-17-20(26)12-13-21(22)23(28)24(25(27)29)30-16-14-19(4)11-9-10-18(2)3/h10,12-14,17,28H,5-9,11,15-16,26H2,1-4H3/b19-14+. The number of rotatable bonds is 11. The molecule has 2 rings (SSSR count). The third-order valence-corrected chi connectivity index (χ3v) is 5.21. The molecular formula is C25H36N2O3. The highest BCUT2D eigenvalue weighted by Gasteiger charge is 2.17. The number of aromatic hydroxyl groups is 1. The van der Waals surface area contributed by atoms with Crippen LogP contribution in [0.4, 0.5) is 5.69 Å². The van der Waals surface area contributed by atoms with E-state index < -0.39 is 0 Å². The van der Waals surface area contributed by atoms with Gasteiger partial charge < -0.3 is 20.1 Å². The number of anilines is 1. The van der Waals surface area contributed by atoms with E-state index in [0.717, 1.165) is 38.5 Å². The fourth-order valence-corrected chi connectivity index (χ4v) is 3.43. The quantitative estimate of drug-likeness (QED) is 0.272. The number of hydrogen-bond acceptors (Lipinski definition) is 4. The van der Waals surface area contributed by atoms with Crippen LogP contribution in [0.2, 0.25) is 0 Å². The average molecular weight is 413 g/mol. The van der Waals surface area contributed by atoms with Crippen molar-refractivity contribution in [2.75, 3.05) is 12.3 Å². The Hall–Kier alpha value is -2.69. The highest BCUT2D eigenvalue weighted by Crippen LogP contribution is 2.32. The van der Waals surface area contributed by atoms with Crippen LogP contribution in [0, 0.1) is 0 Å². The Morgan fingerprint density at radius 2 is 1.93 bits per heavy atom. The maximum absolute atomic E-state index is 13.1. The number of fused-ring (bicyclic) bond motifs is 1. The van der Waals surface area contributed by atoms with E-state index in [1.54, 1.807) is 22.8 Å². The van der Waals surface area contributed by atoms with Gasteiger partial charge in [-0.15, -0.1) is 0 Å². The van der Waals surface area contributed by atoms with Crippen LogP contribution in [-0.4, -0.2) is 16.3 Å². The van der Waals surface area contributed by atoms with Crippen molar-refractivity contribution in [3.05, 3.63) is 51.9 Å². The summed E-state index contributed by atoms with van der Waals surface area (Å²) >= 11 is 0. The lowest BCUT2D eigenvalue weighted by Crippen LogP contribution is -2.23. The summed E-state index contributed by atoms with van der Waals surface area (Å²) in [5.41, 5.74) is 9.34. The fourth-order valence-electron chi connectivity index (χ4n) is 3.43. The molecule has 0 saturated heterocycles. The minimum absolute atomic E-state index is 0.0103. The molecule has 1 aromatic heterocycles. The number of benzene rings is 1. The minimum Gasteiger partial charge on any atom is -0.504 e. The molecule has 30 heavy (non-hydrogen) atoms. The molecule has 3 N–H and O–H groups in total. The van der Waals surface area contributed by atoms with Crippen molar-refractivity contribution in [1.29, 1.82) is 0 Å². The second-order valence-electron chi connectivity index (χ2n) is 8.15. The van der Waals surface area contributed by atoms with Crippen LogP contribution in [0.3, 0.4) is 0 Å². The van der Waals surface area contributed by atoms with Gasteiger partial charge in [-0.25, -0.2) is 0 Å². The van der Waals surface area contributed by atoms with E-state index >= 15 is 0 Å². The predicted octanol–water partition coefficient (Wildman–Crippen LogP) is 5.94. The van der Waals surface area contributed by atoms with E-state index in [1.807, 2.05) is 6.08 Å². The first-order valence-electron chi connectivity index (χ1n) is 10.9. The van der Waals surface area contributed by atoms with Gasteiger partial charge in [0.25, 0.3) is 5.56 Å². The lowest BCUT2D eigenvalue weighted by Gasteiger charge is -2.15. The third kappa shape index (κ3) is 6.41. The molecular weight excluding hydrogens is 376 g/mol. The number of unbranched alkanes of at least 4 members (excludes halogenated alkanes) is 3. The molecule has 0 bridgehead atoms. The maximum Gasteiger partial charge on any atom is 0.297 e. The summed E-state index contributed by atoms with van der Waals surface area (Å²) in [6.45, 7) is 9.21. The number of ether oxygens (including phenoxy) is 1. The van der Waals surface area contributed by atoms with Gasteiger partial charge in [0.15, 0.2) is 5.75 Å². The monoisotopic (exact) mass is 412 g/mol. The first-order chi connectivity index (χ1) is 14.3. The summed E-state index contributed by atoms with van der Waals surface area (Å²) in [6, 6.07) is 5.22. The highest BCUT2D eigenvalue weighted by atomic mass is 16.5. The van der Waals surface area contributed by atoms with Gasteiger partial charge in [-0.05, 0) is 64.3 Å². The Bertz CT molecular complexity index is 966. The van der Waals surface area contributed by atoms with Crippen LogP contribution in [0.15, 0.2) is 46.3 Å². The lowest BCUT2D eigenvalue weighted by molar-refractivity contribution is 0.328. The molecule has 0 amide bonds. The normalized spacial score (nSPS) is 11.7. The SMILES string of the molecule is CCCCCCn1c(=O)c(OC/C=C(\C)CCC=C(C)C)c(O)c2ccc(N)cc21. The topological polar surface area (TPSA) is 77.5 Å². The maximum atomic E-state index is 13.1. The summed E-state index contributed by atoms with van der Waals surface area (Å²) < 4.78 is 7.45. The van der Waals surface area contributed by atoms with Gasteiger partial charge in [-0.2, -0.15) is 0 Å². The van der Waals surface area contributed by atoms with Crippen molar-refractivity contribution < 1.29 is 9.84 Å².